The third kappa shape index (κ3) is 10.7. The summed E-state index contributed by atoms with van der Waals surface area (Å²) < 4.78 is 54.1. The second kappa shape index (κ2) is 16.3. The minimum atomic E-state index is -1.90. The number of aliphatic hydroxyl groups is 1. The molecular formula is C26H36O18. The van der Waals surface area contributed by atoms with E-state index in [4.69, 9.17) is 47.4 Å². The number of ether oxygens (including phenoxy) is 10. The van der Waals surface area contributed by atoms with E-state index in [-0.39, 0.29) is 0 Å². The molecule has 2 fully saturated rings. The zero-order chi connectivity index (χ0) is 33.3. The summed E-state index contributed by atoms with van der Waals surface area (Å²) in [6.45, 7) is 6.11. The van der Waals surface area contributed by atoms with Gasteiger partial charge in [0.2, 0.25) is 0 Å². The first kappa shape index (κ1) is 36.3. The normalized spacial score (nSPS) is 31.5. The number of esters is 7. The summed E-state index contributed by atoms with van der Waals surface area (Å²) in [4.78, 5) is 83.5. The van der Waals surface area contributed by atoms with E-state index in [2.05, 4.69) is 0 Å². The average molecular weight is 637 g/mol. The standard InChI is InChI=1S/C26H36O18/c1-10(27)35-8-17-20(21(38-13(4)30)23(25(34)42-17)40-15(6)32)44-26-24(41-16(7)33)22(39-14(5)31)19(37-12(3)29)18(43-26)9-36-11(2)28/h17-26,34H,8-9H2,1-7H3/t17?,18?,19-,20+,21+,22+,23?,24?,25-,26+/m1/s1. The molecule has 2 aliphatic heterocycles. The predicted molar refractivity (Wildman–Crippen MR) is 135 cm³/mol. The van der Waals surface area contributed by atoms with E-state index < -0.39 is 116 Å². The summed E-state index contributed by atoms with van der Waals surface area (Å²) in [6, 6.07) is 0. The van der Waals surface area contributed by atoms with Gasteiger partial charge in [0, 0.05) is 48.5 Å². The molecular weight excluding hydrogens is 600 g/mol. The fourth-order valence-electron chi connectivity index (χ4n) is 4.49. The molecule has 0 aromatic carbocycles. The van der Waals surface area contributed by atoms with Gasteiger partial charge in [-0.15, -0.1) is 0 Å². The van der Waals surface area contributed by atoms with Gasteiger partial charge in [-0.25, -0.2) is 0 Å². The molecule has 0 aromatic rings. The van der Waals surface area contributed by atoms with Gasteiger partial charge in [0.1, 0.15) is 31.5 Å². The van der Waals surface area contributed by atoms with Crippen LogP contribution in [0.3, 0.4) is 0 Å². The lowest BCUT2D eigenvalue weighted by atomic mass is 9.96. The molecule has 0 saturated carbocycles. The van der Waals surface area contributed by atoms with Gasteiger partial charge in [-0.2, -0.15) is 0 Å². The molecule has 0 aromatic heterocycles. The Morgan fingerprint density at radius 1 is 0.477 bits per heavy atom. The van der Waals surface area contributed by atoms with Crippen LogP contribution in [0.2, 0.25) is 0 Å². The summed E-state index contributed by atoms with van der Waals surface area (Å²) in [5, 5.41) is 10.6. The van der Waals surface area contributed by atoms with Gasteiger partial charge in [-0.05, 0) is 0 Å². The zero-order valence-corrected chi connectivity index (χ0v) is 25.1. The molecule has 18 heteroatoms. The Morgan fingerprint density at radius 3 is 1.27 bits per heavy atom. The van der Waals surface area contributed by atoms with Crippen molar-refractivity contribution in [2.75, 3.05) is 13.2 Å². The molecule has 0 aliphatic carbocycles. The Kier molecular flexibility index (Phi) is 13.4. The molecule has 0 bridgehead atoms. The molecule has 2 aliphatic rings. The van der Waals surface area contributed by atoms with Gasteiger partial charge in [0.15, 0.2) is 43.1 Å². The summed E-state index contributed by atoms with van der Waals surface area (Å²) in [5.41, 5.74) is 0. The highest BCUT2D eigenvalue weighted by molar-refractivity contribution is 5.69. The number of aliphatic hydroxyl groups excluding tert-OH is 1. The molecule has 4 unspecified atom stereocenters. The molecule has 0 amide bonds. The smallest absolute Gasteiger partial charge is 0.303 e. The molecule has 2 saturated heterocycles. The first-order chi connectivity index (χ1) is 20.5. The van der Waals surface area contributed by atoms with Crippen LogP contribution in [0.1, 0.15) is 48.5 Å². The highest BCUT2D eigenvalue weighted by Crippen LogP contribution is 2.34. The SMILES string of the molecule is CC(=O)OCC1O[C@@H](O[C@H]2C(COC(C)=O)O[C@@H](O)C(OC(C)=O)[C@H]2OC(C)=O)C(OC(C)=O)[C@@H](OC(C)=O)[C@@H]1OC(C)=O. The van der Waals surface area contributed by atoms with Crippen molar-refractivity contribution in [3.8, 4) is 0 Å². The van der Waals surface area contributed by atoms with Crippen molar-refractivity contribution < 1.29 is 86.0 Å². The first-order valence-corrected chi connectivity index (χ1v) is 13.3. The molecule has 2 heterocycles. The maximum atomic E-state index is 12.2. The largest absolute Gasteiger partial charge is 0.463 e. The quantitative estimate of drug-likeness (QED) is 0.203. The van der Waals surface area contributed by atoms with E-state index in [1.165, 1.54) is 0 Å². The van der Waals surface area contributed by atoms with Crippen LogP contribution in [0.25, 0.3) is 0 Å². The lowest BCUT2D eigenvalue weighted by Crippen LogP contribution is -2.67. The van der Waals surface area contributed by atoms with Gasteiger partial charge in [0.25, 0.3) is 0 Å². The van der Waals surface area contributed by atoms with E-state index in [0.717, 1.165) is 48.5 Å². The Hall–Kier alpha value is -3.87. The van der Waals surface area contributed by atoms with Crippen LogP contribution in [0.5, 0.6) is 0 Å². The van der Waals surface area contributed by atoms with E-state index in [1.54, 1.807) is 0 Å². The van der Waals surface area contributed by atoms with Gasteiger partial charge >= 0.3 is 41.8 Å². The fourth-order valence-corrected chi connectivity index (χ4v) is 4.49. The van der Waals surface area contributed by atoms with E-state index in [9.17, 15) is 38.7 Å². The van der Waals surface area contributed by atoms with Crippen LogP contribution in [0.4, 0.5) is 0 Å². The third-order valence-electron chi connectivity index (χ3n) is 5.90. The number of rotatable bonds is 11. The maximum absolute atomic E-state index is 12.2. The number of hydrogen-bond acceptors (Lipinski definition) is 18. The summed E-state index contributed by atoms with van der Waals surface area (Å²) in [7, 11) is 0. The van der Waals surface area contributed by atoms with Gasteiger partial charge in [-0.3, -0.25) is 33.6 Å². The van der Waals surface area contributed by atoms with E-state index in [0.29, 0.717) is 0 Å². The predicted octanol–water partition coefficient (Wildman–Crippen LogP) is -1.40. The fraction of sp³-hybridized carbons (Fsp3) is 0.731. The Bertz CT molecular complexity index is 1090. The van der Waals surface area contributed by atoms with Crippen molar-refractivity contribution in [2.45, 2.75) is 110 Å². The molecule has 44 heavy (non-hydrogen) atoms. The number of carbonyl (C=O) groups is 7. The van der Waals surface area contributed by atoms with Gasteiger partial charge in [0.05, 0.1) is 0 Å². The first-order valence-electron chi connectivity index (χ1n) is 13.3. The average Bonchev–Trinajstić information content (AvgIpc) is 2.87. The second-order valence-electron chi connectivity index (χ2n) is 9.68. The van der Waals surface area contributed by atoms with Gasteiger partial charge < -0.3 is 52.5 Å². The maximum Gasteiger partial charge on any atom is 0.303 e. The van der Waals surface area contributed by atoms with Crippen molar-refractivity contribution in [3.63, 3.8) is 0 Å². The zero-order valence-electron chi connectivity index (χ0n) is 25.1. The number of hydrogen-bond donors (Lipinski definition) is 1. The summed E-state index contributed by atoms with van der Waals surface area (Å²) in [6.07, 6.45) is -16.3. The Morgan fingerprint density at radius 2 is 0.841 bits per heavy atom. The van der Waals surface area contributed by atoms with Crippen molar-refractivity contribution in [3.05, 3.63) is 0 Å². The van der Waals surface area contributed by atoms with E-state index >= 15 is 0 Å². The van der Waals surface area contributed by atoms with Crippen LogP contribution >= 0.6 is 0 Å². The molecule has 0 spiro atoms. The van der Waals surface area contributed by atoms with Crippen molar-refractivity contribution in [2.24, 2.45) is 0 Å². The molecule has 10 atom stereocenters. The highest BCUT2D eigenvalue weighted by atomic mass is 16.8. The van der Waals surface area contributed by atoms with Crippen LogP contribution in [0.15, 0.2) is 0 Å². The molecule has 2 rings (SSSR count). The van der Waals surface area contributed by atoms with Crippen LogP contribution in [0, 0.1) is 0 Å². The third-order valence-corrected chi connectivity index (χ3v) is 5.90. The lowest BCUT2D eigenvalue weighted by molar-refractivity contribution is -0.357. The molecule has 1 N–H and O–H groups in total. The number of carbonyl (C=O) groups excluding carboxylic acids is 7. The second-order valence-corrected chi connectivity index (χ2v) is 9.68. The van der Waals surface area contributed by atoms with Gasteiger partial charge in [-0.1, -0.05) is 0 Å². The summed E-state index contributed by atoms with van der Waals surface area (Å²) >= 11 is 0. The minimum absolute atomic E-state index is 0.572. The highest BCUT2D eigenvalue weighted by Gasteiger charge is 2.57. The molecule has 0 radical (unpaired) electrons. The molecule has 18 nitrogen and oxygen atoms in total. The van der Waals surface area contributed by atoms with Crippen molar-refractivity contribution >= 4 is 41.8 Å². The Labute approximate surface area is 251 Å². The van der Waals surface area contributed by atoms with Crippen molar-refractivity contribution in [1.82, 2.24) is 0 Å². The van der Waals surface area contributed by atoms with Crippen molar-refractivity contribution in [1.29, 1.82) is 0 Å². The van der Waals surface area contributed by atoms with Crippen LogP contribution in [-0.4, -0.2) is 122 Å². The minimum Gasteiger partial charge on any atom is -0.463 e. The van der Waals surface area contributed by atoms with Crippen LogP contribution in [-0.2, 0) is 80.9 Å². The Balaban J connectivity index is 2.66. The van der Waals surface area contributed by atoms with E-state index in [1.807, 2.05) is 0 Å². The van der Waals surface area contributed by atoms with Crippen LogP contribution < -0.4 is 0 Å². The monoisotopic (exact) mass is 636 g/mol. The molecule has 248 valence electrons. The lowest BCUT2D eigenvalue weighted by Gasteiger charge is -2.48. The summed E-state index contributed by atoms with van der Waals surface area (Å²) in [5.74, 6) is -6.03. The topological polar surface area (TPSA) is 232 Å².